The van der Waals surface area contributed by atoms with Gasteiger partial charge in [-0.15, -0.1) is 0 Å². The zero-order chi connectivity index (χ0) is 14.2. The lowest BCUT2D eigenvalue weighted by molar-refractivity contribution is -0.0141. The van der Waals surface area contributed by atoms with Crippen molar-refractivity contribution >= 4 is 0 Å². The molecule has 1 N–H and O–H groups in total. The van der Waals surface area contributed by atoms with Crippen LogP contribution in [0, 0.1) is 5.92 Å². The Morgan fingerprint density at radius 3 is 2.33 bits per heavy atom. The van der Waals surface area contributed by atoms with Gasteiger partial charge in [0.25, 0.3) is 0 Å². The summed E-state index contributed by atoms with van der Waals surface area (Å²) >= 11 is 0. The SMILES string of the molecule is CCNC(CCN(C)CC(C)CC)C(C)(C)OC. The maximum Gasteiger partial charge on any atom is 0.0775 e. The molecule has 0 rings (SSSR count). The molecule has 0 spiro atoms. The maximum absolute atomic E-state index is 5.61. The van der Waals surface area contributed by atoms with Crippen molar-refractivity contribution in [2.45, 2.75) is 59.1 Å². The lowest BCUT2D eigenvalue weighted by atomic mass is 9.95. The van der Waals surface area contributed by atoms with Gasteiger partial charge in [-0.2, -0.15) is 0 Å². The number of likely N-dealkylation sites (N-methyl/N-ethyl adjacent to an activating group) is 1. The molecule has 2 atom stereocenters. The summed E-state index contributed by atoms with van der Waals surface area (Å²) in [5, 5.41) is 3.54. The summed E-state index contributed by atoms with van der Waals surface area (Å²) in [6.45, 7) is 14.3. The van der Waals surface area contributed by atoms with Crippen LogP contribution < -0.4 is 5.32 Å². The molecule has 0 saturated carbocycles. The van der Waals surface area contributed by atoms with E-state index in [0.29, 0.717) is 6.04 Å². The quantitative estimate of drug-likeness (QED) is 0.652. The summed E-state index contributed by atoms with van der Waals surface area (Å²) in [7, 11) is 4.02. The van der Waals surface area contributed by atoms with Crippen molar-refractivity contribution in [3.63, 3.8) is 0 Å². The third kappa shape index (κ3) is 6.72. The molecule has 0 aromatic rings. The average Bonchev–Trinajstić information content (AvgIpc) is 2.33. The van der Waals surface area contributed by atoms with Gasteiger partial charge in [-0.05, 0) is 46.3 Å². The van der Waals surface area contributed by atoms with E-state index in [4.69, 9.17) is 4.74 Å². The summed E-state index contributed by atoms with van der Waals surface area (Å²) in [4.78, 5) is 2.43. The fourth-order valence-electron chi connectivity index (χ4n) is 2.19. The minimum atomic E-state index is -0.104. The second-order valence-corrected chi connectivity index (χ2v) is 5.98. The molecule has 0 aromatic carbocycles. The fourth-order valence-corrected chi connectivity index (χ4v) is 2.19. The summed E-state index contributed by atoms with van der Waals surface area (Å²) in [6, 6.07) is 0.409. The number of methoxy groups -OCH3 is 1. The van der Waals surface area contributed by atoms with E-state index in [1.165, 1.54) is 13.0 Å². The molecule has 18 heavy (non-hydrogen) atoms. The molecule has 0 aliphatic rings. The Kier molecular flexibility index (Phi) is 8.83. The van der Waals surface area contributed by atoms with E-state index in [0.717, 1.165) is 25.4 Å². The van der Waals surface area contributed by atoms with Gasteiger partial charge in [0.1, 0.15) is 0 Å². The normalized spacial score (nSPS) is 16.0. The minimum Gasteiger partial charge on any atom is -0.377 e. The first kappa shape index (κ1) is 17.9. The number of hydrogen-bond acceptors (Lipinski definition) is 3. The Balaban J connectivity index is 4.18. The van der Waals surface area contributed by atoms with Gasteiger partial charge in [0, 0.05) is 19.7 Å². The van der Waals surface area contributed by atoms with Crippen LogP contribution in [0.5, 0.6) is 0 Å². The molecule has 0 radical (unpaired) electrons. The second kappa shape index (κ2) is 8.89. The standard InChI is InChI=1S/C15H34N2O/c1-8-13(3)12-17(6)11-10-14(16-9-2)15(4,5)18-7/h13-14,16H,8-12H2,1-7H3. The van der Waals surface area contributed by atoms with Gasteiger partial charge >= 0.3 is 0 Å². The number of rotatable bonds is 10. The summed E-state index contributed by atoms with van der Waals surface area (Å²) in [6.07, 6.45) is 2.38. The third-order valence-corrected chi connectivity index (χ3v) is 3.94. The molecule has 110 valence electrons. The zero-order valence-electron chi connectivity index (χ0n) is 13.5. The largest absolute Gasteiger partial charge is 0.377 e. The summed E-state index contributed by atoms with van der Waals surface area (Å²) in [5.74, 6) is 0.781. The van der Waals surface area contributed by atoms with Gasteiger partial charge in [-0.3, -0.25) is 0 Å². The molecule has 0 aromatic heterocycles. The van der Waals surface area contributed by atoms with Gasteiger partial charge < -0.3 is 15.0 Å². The maximum atomic E-state index is 5.61. The summed E-state index contributed by atoms with van der Waals surface area (Å²) in [5.41, 5.74) is -0.104. The van der Waals surface area contributed by atoms with E-state index in [2.05, 4.69) is 51.9 Å². The number of ether oxygens (including phenoxy) is 1. The highest BCUT2D eigenvalue weighted by atomic mass is 16.5. The highest BCUT2D eigenvalue weighted by Gasteiger charge is 2.28. The van der Waals surface area contributed by atoms with Crippen LogP contribution >= 0.6 is 0 Å². The van der Waals surface area contributed by atoms with E-state index in [-0.39, 0.29) is 5.60 Å². The van der Waals surface area contributed by atoms with Crippen LogP contribution in [-0.2, 0) is 4.74 Å². The number of hydrogen-bond donors (Lipinski definition) is 1. The van der Waals surface area contributed by atoms with Crippen LogP contribution in [-0.4, -0.2) is 50.3 Å². The highest BCUT2D eigenvalue weighted by Crippen LogP contribution is 2.17. The molecular formula is C15H34N2O. The molecule has 0 aliphatic carbocycles. The molecule has 0 saturated heterocycles. The van der Waals surface area contributed by atoms with Gasteiger partial charge in [0.2, 0.25) is 0 Å². The number of nitrogens with zero attached hydrogens (tertiary/aromatic N) is 1. The van der Waals surface area contributed by atoms with Crippen molar-refractivity contribution in [2.75, 3.05) is 33.8 Å². The van der Waals surface area contributed by atoms with Crippen molar-refractivity contribution in [1.82, 2.24) is 10.2 Å². The van der Waals surface area contributed by atoms with E-state index < -0.39 is 0 Å². The third-order valence-electron chi connectivity index (χ3n) is 3.94. The lowest BCUT2D eigenvalue weighted by Crippen LogP contribution is -2.49. The van der Waals surface area contributed by atoms with Crippen LogP contribution in [0.3, 0.4) is 0 Å². The molecule has 0 bridgehead atoms. The number of nitrogens with one attached hydrogen (secondary N) is 1. The van der Waals surface area contributed by atoms with Crippen LogP contribution in [0.4, 0.5) is 0 Å². The summed E-state index contributed by atoms with van der Waals surface area (Å²) < 4.78 is 5.61. The van der Waals surface area contributed by atoms with E-state index in [1.54, 1.807) is 7.11 Å². The van der Waals surface area contributed by atoms with E-state index >= 15 is 0 Å². The molecule has 2 unspecified atom stereocenters. The zero-order valence-corrected chi connectivity index (χ0v) is 13.5. The van der Waals surface area contributed by atoms with Gasteiger partial charge in [-0.1, -0.05) is 27.2 Å². The molecule has 0 fully saturated rings. The monoisotopic (exact) mass is 258 g/mol. The topological polar surface area (TPSA) is 24.5 Å². The molecule has 0 aliphatic heterocycles. The molecule has 0 amide bonds. The van der Waals surface area contributed by atoms with Crippen LogP contribution in [0.25, 0.3) is 0 Å². The predicted octanol–water partition coefficient (Wildman–Crippen LogP) is 2.76. The average molecular weight is 258 g/mol. The van der Waals surface area contributed by atoms with Crippen LogP contribution in [0.2, 0.25) is 0 Å². The smallest absolute Gasteiger partial charge is 0.0775 e. The Morgan fingerprint density at radius 1 is 1.28 bits per heavy atom. The van der Waals surface area contributed by atoms with Crippen molar-refractivity contribution < 1.29 is 4.74 Å². The molecule has 3 nitrogen and oxygen atoms in total. The van der Waals surface area contributed by atoms with E-state index in [1.807, 2.05) is 0 Å². The molecule has 0 heterocycles. The van der Waals surface area contributed by atoms with Crippen molar-refractivity contribution in [3.8, 4) is 0 Å². The van der Waals surface area contributed by atoms with Crippen molar-refractivity contribution in [2.24, 2.45) is 5.92 Å². The Labute approximate surface area is 114 Å². The van der Waals surface area contributed by atoms with Gasteiger partial charge in [0.15, 0.2) is 0 Å². The first-order chi connectivity index (χ1) is 8.37. The first-order valence-electron chi connectivity index (χ1n) is 7.34. The highest BCUT2D eigenvalue weighted by molar-refractivity contribution is 4.85. The van der Waals surface area contributed by atoms with Crippen LogP contribution in [0.1, 0.15) is 47.5 Å². The Bertz CT molecular complexity index is 207. The predicted molar refractivity (Wildman–Crippen MR) is 80.1 cm³/mol. The molecular weight excluding hydrogens is 224 g/mol. The lowest BCUT2D eigenvalue weighted by Gasteiger charge is -2.35. The van der Waals surface area contributed by atoms with Crippen molar-refractivity contribution in [1.29, 1.82) is 0 Å². The van der Waals surface area contributed by atoms with Gasteiger partial charge in [-0.25, -0.2) is 0 Å². The Hall–Kier alpha value is -0.120. The van der Waals surface area contributed by atoms with E-state index in [9.17, 15) is 0 Å². The second-order valence-electron chi connectivity index (χ2n) is 5.98. The Morgan fingerprint density at radius 2 is 1.89 bits per heavy atom. The van der Waals surface area contributed by atoms with Crippen LogP contribution in [0.15, 0.2) is 0 Å². The first-order valence-corrected chi connectivity index (χ1v) is 7.34. The van der Waals surface area contributed by atoms with Crippen molar-refractivity contribution in [3.05, 3.63) is 0 Å². The minimum absolute atomic E-state index is 0.104. The molecule has 3 heteroatoms. The fraction of sp³-hybridized carbons (Fsp3) is 1.00. The van der Waals surface area contributed by atoms with Gasteiger partial charge in [0.05, 0.1) is 5.60 Å².